The average Bonchev–Trinajstić information content (AvgIpc) is 2.92. The van der Waals surface area contributed by atoms with E-state index in [1.165, 1.54) is 6.08 Å². The van der Waals surface area contributed by atoms with Crippen molar-refractivity contribution >= 4 is 28.9 Å². The van der Waals surface area contributed by atoms with E-state index in [0.29, 0.717) is 30.0 Å². The number of nitrogens with one attached hydrogen (secondary N) is 2. The fourth-order valence-electron chi connectivity index (χ4n) is 4.74. The summed E-state index contributed by atoms with van der Waals surface area (Å²) in [6.45, 7) is 6.78. The second-order valence-electron chi connectivity index (χ2n) is 9.88. The Morgan fingerprint density at radius 2 is 1.74 bits per heavy atom. The van der Waals surface area contributed by atoms with Gasteiger partial charge in [-0.1, -0.05) is 18.7 Å². The Labute approximate surface area is 223 Å². The number of benzene rings is 2. The first-order valence-corrected chi connectivity index (χ1v) is 12.7. The number of nitrogens with zero attached hydrogens (tertiary/aromatic N) is 3. The molecule has 1 aliphatic rings. The standard InChI is InChI=1S/C30H35N5O3/c1-6-28(36)35-16-14-23(15-17-35)31-27-18-22(19-34(5)30(27)38)25-8-7-9-26(20(25)2)32-29(37)21-10-12-24(13-11-21)33(3)4/h6-13,18-19,23,31H,1,14-17H2,2-5H3,(H,32,37). The van der Waals surface area contributed by atoms with Crippen LogP contribution in [-0.4, -0.2) is 54.5 Å². The summed E-state index contributed by atoms with van der Waals surface area (Å²) in [5.74, 6) is -0.242. The molecule has 8 heteroatoms. The highest BCUT2D eigenvalue weighted by Crippen LogP contribution is 2.30. The van der Waals surface area contributed by atoms with E-state index in [1.807, 2.05) is 80.6 Å². The van der Waals surface area contributed by atoms with Gasteiger partial charge in [-0.05, 0) is 73.4 Å². The van der Waals surface area contributed by atoms with Gasteiger partial charge in [0, 0.05) is 69.0 Å². The molecule has 0 atom stereocenters. The molecule has 0 unspecified atom stereocenters. The van der Waals surface area contributed by atoms with Crippen molar-refractivity contribution in [2.75, 3.05) is 42.7 Å². The molecule has 0 aliphatic carbocycles. The Balaban J connectivity index is 1.54. The lowest BCUT2D eigenvalue weighted by Gasteiger charge is -2.32. The van der Waals surface area contributed by atoms with Crippen molar-refractivity contribution < 1.29 is 9.59 Å². The number of carbonyl (C=O) groups is 2. The van der Waals surface area contributed by atoms with Crippen LogP contribution in [-0.2, 0) is 11.8 Å². The van der Waals surface area contributed by atoms with Crippen molar-refractivity contribution in [3.8, 4) is 11.1 Å². The van der Waals surface area contributed by atoms with Crippen LogP contribution in [0.5, 0.6) is 0 Å². The molecular formula is C30H35N5O3. The summed E-state index contributed by atoms with van der Waals surface area (Å²) in [7, 11) is 5.65. The highest BCUT2D eigenvalue weighted by molar-refractivity contribution is 6.05. The number of rotatable bonds is 7. The number of piperidine rings is 1. The SMILES string of the molecule is C=CC(=O)N1CCC(Nc2cc(-c3cccc(NC(=O)c4ccc(N(C)C)cc4)c3C)cn(C)c2=O)CC1. The van der Waals surface area contributed by atoms with Crippen molar-refractivity contribution in [2.45, 2.75) is 25.8 Å². The van der Waals surface area contributed by atoms with Crippen molar-refractivity contribution in [1.29, 1.82) is 0 Å². The average molecular weight is 514 g/mol. The van der Waals surface area contributed by atoms with Crippen LogP contribution in [0.1, 0.15) is 28.8 Å². The highest BCUT2D eigenvalue weighted by Gasteiger charge is 2.22. The Morgan fingerprint density at radius 1 is 1.05 bits per heavy atom. The summed E-state index contributed by atoms with van der Waals surface area (Å²) < 4.78 is 1.57. The zero-order valence-corrected chi connectivity index (χ0v) is 22.5. The predicted octanol–water partition coefficient (Wildman–Crippen LogP) is 4.27. The summed E-state index contributed by atoms with van der Waals surface area (Å²) in [4.78, 5) is 41.5. The number of anilines is 3. The van der Waals surface area contributed by atoms with Gasteiger partial charge in [-0.15, -0.1) is 0 Å². The monoisotopic (exact) mass is 513 g/mol. The molecule has 0 radical (unpaired) electrons. The van der Waals surface area contributed by atoms with Crippen LogP contribution in [0.3, 0.4) is 0 Å². The van der Waals surface area contributed by atoms with E-state index >= 15 is 0 Å². The number of hydrogen-bond donors (Lipinski definition) is 2. The fourth-order valence-corrected chi connectivity index (χ4v) is 4.74. The Bertz CT molecular complexity index is 1400. The van der Waals surface area contributed by atoms with E-state index in [0.717, 1.165) is 35.2 Å². The zero-order chi connectivity index (χ0) is 27.4. The normalized spacial score (nSPS) is 13.6. The van der Waals surface area contributed by atoms with E-state index in [1.54, 1.807) is 16.5 Å². The molecule has 3 aromatic rings. The van der Waals surface area contributed by atoms with E-state index in [-0.39, 0.29) is 23.4 Å². The van der Waals surface area contributed by atoms with Gasteiger partial charge in [-0.2, -0.15) is 0 Å². The zero-order valence-electron chi connectivity index (χ0n) is 22.5. The van der Waals surface area contributed by atoms with Crippen molar-refractivity contribution in [2.24, 2.45) is 7.05 Å². The van der Waals surface area contributed by atoms with Gasteiger partial charge in [-0.25, -0.2) is 0 Å². The first-order chi connectivity index (χ1) is 18.2. The molecule has 1 aromatic heterocycles. The van der Waals surface area contributed by atoms with Gasteiger partial charge in [0.25, 0.3) is 11.5 Å². The second-order valence-corrected chi connectivity index (χ2v) is 9.88. The molecule has 2 amide bonds. The van der Waals surface area contributed by atoms with Crippen LogP contribution >= 0.6 is 0 Å². The molecule has 0 saturated carbocycles. The fraction of sp³-hybridized carbons (Fsp3) is 0.300. The third kappa shape index (κ3) is 5.80. The molecule has 198 valence electrons. The lowest BCUT2D eigenvalue weighted by Crippen LogP contribution is -2.42. The Morgan fingerprint density at radius 3 is 2.37 bits per heavy atom. The topological polar surface area (TPSA) is 86.7 Å². The van der Waals surface area contributed by atoms with Crippen LogP contribution < -0.4 is 21.1 Å². The molecule has 38 heavy (non-hydrogen) atoms. The van der Waals surface area contributed by atoms with Gasteiger partial charge < -0.3 is 25.0 Å². The van der Waals surface area contributed by atoms with E-state index in [9.17, 15) is 14.4 Å². The van der Waals surface area contributed by atoms with Gasteiger partial charge in [0.05, 0.1) is 0 Å². The van der Waals surface area contributed by atoms with Crippen LogP contribution in [0.25, 0.3) is 11.1 Å². The molecule has 2 N–H and O–H groups in total. The van der Waals surface area contributed by atoms with Crippen molar-refractivity contribution in [3.63, 3.8) is 0 Å². The lowest BCUT2D eigenvalue weighted by molar-refractivity contribution is -0.126. The van der Waals surface area contributed by atoms with Crippen molar-refractivity contribution in [3.05, 3.63) is 88.9 Å². The maximum atomic E-state index is 12.9. The van der Waals surface area contributed by atoms with Gasteiger partial charge in [-0.3, -0.25) is 14.4 Å². The van der Waals surface area contributed by atoms with Crippen LogP contribution in [0.2, 0.25) is 0 Å². The van der Waals surface area contributed by atoms with Gasteiger partial charge in [0.15, 0.2) is 0 Å². The van der Waals surface area contributed by atoms with Gasteiger partial charge >= 0.3 is 0 Å². The minimum Gasteiger partial charge on any atom is -0.378 e. The van der Waals surface area contributed by atoms with Gasteiger partial charge in [0.1, 0.15) is 5.69 Å². The predicted molar refractivity (Wildman–Crippen MR) is 154 cm³/mol. The minimum atomic E-state index is -0.181. The molecule has 2 heterocycles. The molecule has 8 nitrogen and oxygen atoms in total. The number of aromatic nitrogens is 1. The number of aryl methyl sites for hydroxylation is 1. The Kier molecular flexibility index (Phi) is 8.00. The largest absolute Gasteiger partial charge is 0.378 e. The molecule has 4 rings (SSSR count). The molecule has 0 bridgehead atoms. The van der Waals surface area contributed by atoms with Gasteiger partial charge in [0.2, 0.25) is 5.91 Å². The first-order valence-electron chi connectivity index (χ1n) is 12.7. The molecule has 2 aromatic carbocycles. The second kappa shape index (κ2) is 11.4. The summed E-state index contributed by atoms with van der Waals surface area (Å²) in [5, 5.41) is 6.44. The van der Waals surface area contributed by atoms with E-state index < -0.39 is 0 Å². The minimum absolute atomic E-state index is 0.0608. The molecule has 1 fully saturated rings. The molecule has 1 aliphatic heterocycles. The van der Waals surface area contributed by atoms with Crippen LogP contribution in [0.4, 0.5) is 17.1 Å². The van der Waals surface area contributed by atoms with E-state index in [4.69, 9.17) is 0 Å². The maximum Gasteiger partial charge on any atom is 0.273 e. The quantitative estimate of drug-likeness (QED) is 0.461. The molecule has 1 saturated heterocycles. The summed E-state index contributed by atoms with van der Waals surface area (Å²) in [6.07, 6.45) is 4.66. The number of likely N-dealkylation sites (tertiary alicyclic amines) is 1. The lowest BCUT2D eigenvalue weighted by atomic mass is 9.99. The summed E-state index contributed by atoms with van der Waals surface area (Å²) in [5.41, 5.74) is 5.44. The van der Waals surface area contributed by atoms with Crippen molar-refractivity contribution in [1.82, 2.24) is 9.47 Å². The Hall–Kier alpha value is -4.33. The smallest absolute Gasteiger partial charge is 0.273 e. The number of hydrogen-bond acceptors (Lipinski definition) is 5. The first kappa shape index (κ1) is 26.7. The maximum absolute atomic E-state index is 12.9. The van der Waals surface area contributed by atoms with E-state index in [2.05, 4.69) is 17.2 Å². The highest BCUT2D eigenvalue weighted by atomic mass is 16.2. The molecular weight excluding hydrogens is 478 g/mol. The summed E-state index contributed by atoms with van der Waals surface area (Å²) in [6, 6.07) is 15.2. The third-order valence-corrected chi connectivity index (χ3v) is 7.06. The number of pyridine rings is 1. The summed E-state index contributed by atoms with van der Waals surface area (Å²) >= 11 is 0. The molecule has 0 spiro atoms. The number of amides is 2. The van der Waals surface area contributed by atoms with Crippen LogP contribution in [0.15, 0.2) is 72.2 Å². The number of carbonyl (C=O) groups excluding carboxylic acids is 2. The van der Waals surface area contributed by atoms with Crippen LogP contribution in [0, 0.1) is 6.92 Å². The third-order valence-electron chi connectivity index (χ3n) is 7.06.